The highest BCUT2D eigenvalue weighted by Gasteiger charge is 2.29. The van der Waals surface area contributed by atoms with E-state index in [-0.39, 0.29) is 18.1 Å². The van der Waals surface area contributed by atoms with Crippen molar-refractivity contribution in [2.24, 2.45) is 0 Å². The highest BCUT2D eigenvalue weighted by Crippen LogP contribution is 2.30. The summed E-state index contributed by atoms with van der Waals surface area (Å²) in [5.41, 5.74) is 1.60. The Morgan fingerprint density at radius 2 is 1.39 bits per heavy atom. The molecule has 0 heterocycles. The monoisotopic (exact) mass is 380 g/mol. The van der Waals surface area contributed by atoms with Crippen LogP contribution in [0, 0.1) is 0 Å². The van der Waals surface area contributed by atoms with Gasteiger partial charge in [0.2, 0.25) is 0 Å². The molecule has 0 saturated heterocycles. The zero-order valence-electron chi connectivity index (χ0n) is 15.1. The number of benzene rings is 3. The van der Waals surface area contributed by atoms with Gasteiger partial charge in [-0.3, -0.25) is 4.79 Å². The number of carbonyl (C=O) groups excluding carboxylic acids is 1. The van der Waals surface area contributed by atoms with Crippen LogP contribution in [0.1, 0.15) is 39.4 Å². The fourth-order valence-corrected chi connectivity index (χ4v) is 2.95. The summed E-state index contributed by atoms with van der Waals surface area (Å²) in [6.45, 7) is 0. The Bertz CT molecular complexity index is 927. The molecule has 0 bridgehead atoms. The third kappa shape index (κ3) is 5.19. The van der Waals surface area contributed by atoms with Gasteiger partial charge >= 0.3 is 6.18 Å². The average molecular weight is 380 g/mol. The summed E-state index contributed by atoms with van der Waals surface area (Å²) in [4.78, 5) is 12.6. The van der Waals surface area contributed by atoms with Gasteiger partial charge in [0.15, 0.2) is 5.78 Å². The van der Waals surface area contributed by atoms with Crippen LogP contribution in [0.15, 0.2) is 91.0 Å². The van der Waals surface area contributed by atoms with Crippen molar-refractivity contribution in [2.75, 3.05) is 0 Å². The lowest BCUT2D eigenvalue weighted by Crippen LogP contribution is -2.06. The summed E-state index contributed by atoms with van der Waals surface area (Å²) < 4.78 is 38.1. The molecule has 142 valence electrons. The van der Waals surface area contributed by atoms with Gasteiger partial charge in [0, 0.05) is 17.9 Å². The van der Waals surface area contributed by atoms with Crippen LogP contribution < -0.4 is 0 Å². The van der Waals surface area contributed by atoms with Gasteiger partial charge in [0.1, 0.15) is 0 Å². The topological polar surface area (TPSA) is 17.1 Å². The molecule has 1 unspecified atom stereocenters. The van der Waals surface area contributed by atoms with E-state index in [2.05, 4.69) is 0 Å². The standard InChI is InChI=1S/C24H19F3O/c25-24(26,27)22-15-12-18(13-16-22)11-14-21(19-7-3-1-4-8-19)17-23(28)20-9-5-2-6-10-20/h1-16,21H,17H2/b14-11+. The van der Waals surface area contributed by atoms with Gasteiger partial charge in [0.05, 0.1) is 5.56 Å². The van der Waals surface area contributed by atoms with Crippen LogP contribution >= 0.6 is 0 Å². The summed E-state index contributed by atoms with van der Waals surface area (Å²) in [5.74, 6) is -0.150. The SMILES string of the molecule is O=C(CC(/C=C/c1ccc(C(F)(F)F)cc1)c1ccccc1)c1ccccc1. The number of allylic oxidation sites excluding steroid dienone is 1. The molecule has 3 rings (SSSR count). The second-order valence-electron chi connectivity index (χ2n) is 6.49. The van der Waals surface area contributed by atoms with Crippen molar-refractivity contribution in [2.45, 2.75) is 18.5 Å². The second-order valence-corrected chi connectivity index (χ2v) is 6.49. The molecule has 0 amide bonds. The number of hydrogen-bond acceptors (Lipinski definition) is 1. The molecule has 1 atom stereocenters. The Morgan fingerprint density at radius 1 is 0.821 bits per heavy atom. The number of carbonyl (C=O) groups is 1. The van der Waals surface area contributed by atoms with Crippen LogP contribution in [-0.2, 0) is 6.18 Å². The van der Waals surface area contributed by atoms with Gasteiger partial charge in [-0.1, -0.05) is 84.9 Å². The highest BCUT2D eigenvalue weighted by molar-refractivity contribution is 5.96. The van der Waals surface area contributed by atoms with Crippen molar-refractivity contribution >= 4 is 11.9 Å². The second kappa shape index (κ2) is 8.70. The lowest BCUT2D eigenvalue weighted by molar-refractivity contribution is -0.137. The zero-order chi connectivity index (χ0) is 20.0. The van der Waals surface area contributed by atoms with E-state index in [0.717, 1.165) is 17.7 Å². The molecule has 4 heteroatoms. The third-order valence-corrected chi connectivity index (χ3v) is 4.49. The largest absolute Gasteiger partial charge is 0.416 e. The van der Waals surface area contributed by atoms with Crippen molar-refractivity contribution in [3.05, 3.63) is 113 Å². The zero-order valence-corrected chi connectivity index (χ0v) is 15.1. The molecule has 0 aliphatic carbocycles. The van der Waals surface area contributed by atoms with Crippen LogP contribution in [0.2, 0.25) is 0 Å². The molecule has 28 heavy (non-hydrogen) atoms. The van der Waals surface area contributed by atoms with E-state index in [1.165, 1.54) is 12.1 Å². The Labute approximate surface area is 162 Å². The van der Waals surface area contributed by atoms with E-state index in [1.807, 2.05) is 54.6 Å². The molecule has 0 radical (unpaired) electrons. The van der Waals surface area contributed by atoms with Crippen LogP contribution in [0.5, 0.6) is 0 Å². The maximum Gasteiger partial charge on any atom is 0.416 e. The summed E-state index contributed by atoms with van der Waals surface area (Å²) in [7, 11) is 0. The number of rotatable bonds is 6. The van der Waals surface area contributed by atoms with E-state index in [9.17, 15) is 18.0 Å². The maximum atomic E-state index is 12.7. The molecule has 1 nitrogen and oxygen atoms in total. The van der Waals surface area contributed by atoms with Gasteiger partial charge in [-0.15, -0.1) is 0 Å². The van der Waals surface area contributed by atoms with Crippen LogP contribution in [0.25, 0.3) is 6.08 Å². The van der Waals surface area contributed by atoms with Gasteiger partial charge in [-0.05, 0) is 23.3 Å². The Hall–Kier alpha value is -3.14. The minimum atomic E-state index is -4.35. The molecule has 3 aromatic rings. The summed E-state index contributed by atoms with van der Waals surface area (Å²) in [5, 5.41) is 0. The molecule has 0 aromatic heterocycles. The summed E-state index contributed by atoms with van der Waals surface area (Å²) in [6, 6.07) is 23.6. The van der Waals surface area contributed by atoms with Gasteiger partial charge in [-0.2, -0.15) is 13.2 Å². The first kappa shape index (κ1) is 19.6. The van der Waals surface area contributed by atoms with Crippen molar-refractivity contribution < 1.29 is 18.0 Å². The Morgan fingerprint density at radius 3 is 1.96 bits per heavy atom. The molecule has 0 aliphatic rings. The smallest absolute Gasteiger partial charge is 0.294 e. The molecule has 3 aromatic carbocycles. The van der Waals surface area contributed by atoms with Crippen molar-refractivity contribution in [3.8, 4) is 0 Å². The summed E-state index contributed by atoms with van der Waals surface area (Å²) in [6.07, 6.45) is -0.434. The predicted molar refractivity (Wildman–Crippen MR) is 105 cm³/mol. The minimum absolute atomic E-state index is 0.0199. The maximum absolute atomic E-state index is 12.7. The Kier molecular flexibility index (Phi) is 6.09. The van der Waals surface area contributed by atoms with Gasteiger partial charge < -0.3 is 0 Å². The van der Waals surface area contributed by atoms with Gasteiger partial charge in [-0.25, -0.2) is 0 Å². The normalized spacial score (nSPS) is 12.8. The highest BCUT2D eigenvalue weighted by atomic mass is 19.4. The number of ketones is 1. The first-order valence-corrected chi connectivity index (χ1v) is 8.92. The van der Waals surface area contributed by atoms with E-state index in [1.54, 1.807) is 18.2 Å². The van der Waals surface area contributed by atoms with E-state index in [0.29, 0.717) is 11.1 Å². The number of Topliss-reactive ketones (excluding diaryl/α,β-unsaturated/α-hetero) is 1. The number of alkyl halides is 3. The molecule has 0 fully saturated rings. The fourth-order valence-electron chi connectivity index (χ4n) is 2.95. The quantitative estimate of drug-likeness (QED) is 0.431. The van der Waals surface area contributed by atoms with E-state index >= 15 is 0 Å². The van der Waals surface area contributed by atoms with Crippen molar-refractivity contribution in [1.82, 2.24) is 0 Å². The van der Waals surface area contributed by atoms with Crippen molar-refractivity contribution in [3.63, 3.8) is 0 Å². The average Bonchev–Trinajstić information content (AvgIpc) is 2.72. The molecule has 0 spiro atoms. The van der Waals surface area contributed by atoms with Crippen LogP contribution in [0.4, 0.5) is 13.2 Å². The molecular formula is C24H19F3O. The number of hydrogen-bond donors (Lipinski definition) is 0. The lowest BCUT2D eigenvalue weighted by atomic mass is 9.90. The predicted octanol–water partition coefficient (Wildman–Crippen LogP) is 6.78. The van der Waals surface area contributed by atoms with Gasteiger partial charge in [0.25, 0.3) is 0 Å². The summed E-state index contributed by atoms with van der Waals surface area (Å²) >= 11 is 0. The Balaban J connectivity index is 1.81. The third-order valence-electron chi connectivity index (χ3n) is 4.49. The number of halogens is 3. The first-order chi connectivity index (χ1) is 13.4. The van der Waals surface area contributed by atoms with Crippen LogP contribution in [0.3, 0.4) is 0 Å². The van der Waals surface area contributed by atoms with E-state index in [4.69, 9.17) is 0 Å². The fraction of sp³-hybridized carbons (Fsp3) is 0.125. The van der Waals surface area contributed by atoms with E-state index < -0.39 is 11.7 Å². The lowest BCUT2D eigenvalue weighted by Gasteiger charge is -2.13. The minimum Gasteiger partial charge on any atom is -0.294 e. The molecule has 0 N–H and O–H groups in total. The molecule has 0 aliphatic heterocycles. The molecule has 0 saturated carbocycles. The molecular weight excluding hydrogens is 361 g/mol. The van der Waals surface area contributed by atoms with Crippen LogP contribution in [-0.4, -0.2) is 5.78 Å². The van der Waals surface area contributed by atoms with Crippen molar-refractivity contribution in [1.29, 1.82) is 0 Å². The first-order valence-electron chi connectivity index (χ1n) is 8.92.